The summed E-state index contributed by atoms with van der Waals surface area (Å²) in [6.45, 7) is 0. The topological polar surface area (TPSA) is 49.8 Å². The van der Waals surface area contributed by atoms with Gasteiger partial charge >= 0.3 is 59.1 Å². The SMILES string of the molecule is N#CN.[H-].[H-].[Na+].[Na+]. The van der Waals surface area contributed by atoms with Crippen molar-refractivity contribution in [1.29, 1.82) is 5.26 Å². The maximum Gasteiger partial charge on any atom is 1.00 e. The molecule has 5 heavy (non-hydrogen) atoms. The maximum absolute atomic E-state index is 7.10. The van der Waals surface area contributed by atoms with Gasteiger partial charge < -0.3 is 8.59 Å². The van der Waals surface area contributed by atoms with Gasteiger partial charge in [0.15, 0.2) is 6.19 Å². The Morgan fingerprint density at radius 2 is 1.60 bits per heavy atom. The molecule has 0 fully saturated rings. The molecule has 0 aromatic rings. The Labute approximate surface area is 78.3 Å². The third-order valence-electron chi connectivity index (χ3n) is 0. The summed E-state index contributed by atoms with van der Waals surface area (Å²) < 4.78 is 0. The predicted octanol–water partition coefficient (Wildman–Crippen LogP) is -6.34. The number of nitriles is 1. The van der Waals surface area contributed by atoms with E-state index < -0.39 is 0 Å². The third kappa shape index (κ3) is 34.4. The maximum atomic E-state index is 7.10. The standard InChI is InChI=1S/CH2N2.2Na.2H/c2-1-3;;;;/h2H2;;;;/q;2*+1;2*-1. The van der Waals surface area contributed by atoms with Crippen molar-refractivity contribution in [2.45, 2.75) is 0 Å². The first-order chi connectivity index (χ1) is 1.41. The molecule has 0 aromatic heterocycles. The van der Waals surface area contributed by atoms with Crippen LogP contribution in [0.2, 0.25) is 0 Å². The fourth-order valence-corrected chi connectivity index (χ4v) is 0. The minimum atomic E-state index is 0. The zero-order valence-electron chi connectivity index (χ0n) is 5.52. The van der Waals surface area contributed by atoms with Crippen LogP contribution in [-0.2, 0) is 0 Å². The average molecular weight is 90.0 g/mol. The Balaban J connectivity index is -0.00000000333. The van der Waals surface area contributed by atoms with Crippen LogP contribution in [0.4, 0.5) is 0 Å². The normalized spacial score (nSPS) is 1.40. The van der Waals surface area contributed by atoms with E-state index in [4.69, 9.17) is 5.26 Å². The van der Waals surface area contributed by atoms with E-state index in [-0.39, 0.29) is 62.0 Å². The summed E-state index contributed by atoms with van der Waals surface area (Å²) in [6, 6.07) is 0. The van der Waals surface area contributed by atoms with Crippen molar-refractivity contribution in [2.24, 2.45) is 5.73 Å². The summed E-state index contributed by atoms with van der Waals surface area (Å²) in [4.78, 5) is 0. The molecule has 0 rings (SSSR count). The molecule has 0 spiro atoms. The molecule has 2 N–H and O–H groups in total. The van der Waals surface area contributed by atoms with Crippen LogP contribution in [0.3, 0.4) is 0 Å². The molecule has 0 amide bonds. The van der Waals surface area contributed by atoms with Gasteiger partial charge in [-0.25, -0.2) is 0 Å². The molecule has 20 valence electrons. The minimum absolute atomic E-state index is 0. The molecule has 2 nitrogen and oxygen atoms in total. The van der Waals surface area contributed by atoms with E-state index in [2.05, 4.69) is 5.73 Å². The van der Waals surface area contributed by atoms with Crippen LogP contribution < -0.4 is 64.8 Å². The molecule has 4 heteroatoms. The first kappa shape index (κ1) is 16.3. The van der Waals surface area contributed by atoms with Crippen molar-refractivity contribution < 1.29 is 62.0 Å². The Hall–Kier alpha value is 1.29. The van der Waals surface area contributed by atoms with E-state index in [9.17, 15) is 0 Å². The molecular weight excluding hydrogens is 86.0 g/mol. The molecule has 0 saturated heterocycles. The van der Waals surface area contributed by atoms with Crippen LogP contribution in [0, 0.1) is 11.5 Å². The van der Waals surface area contributed by atoms with Gasteiger partial charge in [-0.3, -0.25) is 0 Å². The van der Waals surface area contributed by atoms with Crippen LogP contribution in [-0.4, -0.2) is 0 Å². The van der Waals surface area contributed by atoms with E-state index in [1.54, 1.807) is 0 Å². The Kier molecular flexibility index (Phi) is 60.4. The van der Waals surface area contributed by atoms with Crippen molar-refractivity contribution in [3.63, 3.8) is 0 Å². The molecule has 0 bridgehead atoms. The average Bonchev–Trinajstić information content (AvgIpc) is 0.918. The molecule has 0 radical (unpaired) electrons. The smallest absolute Gasteiger partial charge is 1.00 e. The second-order valence-electron chi connectivity index (χ2n) is 0.129. The van der Waals surface area contributed by atoms with Crippen molar-refractivity contribution in [2.75, 3.05) is 0 Å². The molecule has 0 saturated carbocycles. The largest absolute Gasteiger partial charge is 1.00 e. The minimum Gasteiger partial charge on any atom is -1.00 e. The molecule has 0 aliphatic rings. The fourth-order valence-electron chi connectivity index (χ4n) is 0. The van der Waals surface area contributed by atoms with Gasteiger partial charge in [-0.1, -0.05) is 0 Å². The second kappa shape index (κ2) is 18.6. The van der Waals surface area contributed by atoms with Crippen LogP contribution in [0.25, 0.3) is 0 Å². The van der Waals surface area contributed by atoms with Gasteiger partial charge in [-0.05, 0) is 0 Å². The van der Waals surface area contributed by atoms with E-state index in [1.165, 1.54) is 6.19 Å². The number of nitrogens with two attached hydrogens (primary N) is 1. The van der Waals surface area contributed by atoms with E-state index >= 15 is 0 Å². The fraction of sp³-hybridized carbons (Fsp3) is 0. The number of nitrogens with zero attached hydrogens (tertiary/aromatic N) is 1. The van der Waals surface area contributed by atoms with Crippen molar-refractivity contribution in [1.82, 2.24) is 0 Å². The first-order valence-corrected chi connectivity index (χ1v) is 0.512. The van der Waals surface area contributed by atoms with E-state index in [1.807, 2.05) is 0 Å². The van der Waals surface area contributed by atoms with Crippen LogP contribution >= 0.6 is 0 Å². The van der Waals surface area contributed by atoms with Crippen LogP contribution in [0.15, 0.2) is 0 Å². The van der Waals surface area contributed by atoms with Gasteiger partial charge in [-0.2, -0.15) is 5.26 Å². The van der Waals surface area contributed by atoms with Crippen LogP contribution in [0.5, 0.6) is 0 Å². The zero-order valence-corrected chi connectivity index (χ0v) is 7.52. The molecule has 0 aromatic carbocycles. The summed E-state index contributed by atoms with van der Waals surface area (Å²) in [5, 5.41) is 7.10. The van der Waals surface area contributed by atoms with Gasteiger partial charge in [0.05, 0.1) is 0 Å². The zero-order chi connectivity index (χ0) is 2.71. The number of hydrogen-bond acceptors (Lipinski definition) is 2. The van der Waals surface area contributed by atoms with Crippen molar-refractivity contribution in [3.8, 4) is 6.19 Å². The first-order valence-electron chi connectivity index (χ1n) is 0.512. The molecular formula is CH4N2Na2. The molecule has 0 heterocycles. The predicted molar refractivity (Wildman–Crippen MR) is 12.0 cm³/mol. The van der Waals surface area contributed by atoms with E-state index in [0.717, 1.165) is 0 Å². The van der Waals surface area contributed by atoms with Crippen molar-refractivity contribution >= 4 is 0 Å². The summed E-state index contributed by atoms with van der Waals surface area (Å²) in [6.07, 6.45) is 1.25. The monoisotopic (exact) mass is 90.0 g/mol. The summed E-state index contributed by atoms with van der Waals surface area (Å²) >= 11 is 0. The second-order valence-corrected chi connectivity index (χ2v) is 0.129. The van der Waals surface area contributed by atoms with Crippen molar-refractivity contribution in [3.05, 3.63) is 0 Å². The molecule has 0 aliphatic heterocycles. The summed E-state index contributed by atoms with van der Waals surface area (Å²) in [7, 11) is 0. The summed E-state index contributed by atoms with van der Waals surface area (Å²) in [5.41, 5.74) is 4.15. The van der Waals surface area contributed by atoms with Gasteiger partial charge in [0.2, 0.25) is 0 Å². The van der Waals surface area contributed by atoms with Gasteiger partial charge in [-0.15, -0.1) is 0 Å². The Morgan fingerprint density at radius 3 is 1.60 bits per heavy atom. The number of hydrogen-bond donors (Lipinski definition) is 1. The van der Waals surface area contributed by atoms with E-state index in [0.29, 0.717) is 0 Å². The summed E-state index contributed by atoms with van der Waals surface area (Å²) in [5.74, 6) is 0. The van der Waals surface area contributed by atoms with Gasteiger partial charge in [0.25, 0.3) is 0 Å². The number of rotatable bonds is 0. The van der Waals surface area contributed by atoms with Gasteiger partial charge in [0, 0.05) is 0 Å². The molecule has 0 unspecified atom stereocenters. The third-order valence-corrected chi connectivity index (χ3v) is 0. The Bertz CT molecular complexity index is 35.2. The van der Waals surface area contributed by atoms with Crippen LogP contribution in [0.1, 0.15) is 2.85 Å². The van der Waals surface area contributed by atoms with Gasteiger partial charge in [0.1, 0.15) is 0 Å². The molecule has 0 atom stereocenters. The Morgan fingerprint density at radius 1 is 1.60 bits per heavy atom. The molecule has 0 aliphatic carbocycles. The quantitative estimate of drug-likeness (QED) is 0.183.